The highest BCUT2D eigenvalue weighted by atomic mass is 32.2. The molecule has 0 aliphatic rings. The predicted molar refractivity (Wildman–Crippen MR) is 110 cm³/mol. The van der Waals surface area contributed by atoms with Crippen molar-refractivity contribution in [3.63, 3.8) is 0 Å². The number of ether oxygens (including phenoxy) is 1. The molecule has 0 saturated carbocycles. The SMILES string of the molecule is CN(C)S(=O)(=O)c1cc(S(=O)(=O)O)c(NCc2ccco2)cc1Oc1ccccc1. The fourth-order valence-electron chi connectivity index (χ4n) is 2.58. The standard InChI is InChI=1S/C19H20N2O7S2/c1-21(2)29(22,23)19-12-18(30(24,25)26)16(20-13-15-9-6-10-27-15)11-17(19)28-14-7-4-3-5-8-14/h3-12,20H,13H2,1-2H3,(H,24,25,26). The summed E-state index contributed by atoms with van der Waals surface area (Å²) in [6.45, 7) is 0.0973. The molecule has 0 atom stereocenters. The number of hydrogen-bond donors (Lipinski definition) is 2. The number of furan rings is 1. The zero-order chi connectivity index (χ0) is 21.9. The van der Waals surface area contributed by atoms with Gasteiger partial charge in [0.05, 0.1) is 18.5 Å². The van der Waals surface area contributed by atoms with Crippen LogP contribution in [0.5, 0.6) is 11.5 Å². The van der Waals surface area contributed by atoms with Crippen LogP contribution in [0.2, 0.25) is 0 Å². The molecule has 0 bridgehead atoms. The van der Waals surface area contributed by atoms with E-state index in [-0.39, 0.29) is 18.0 Å². The maximum atomic E-state index is 12.8. The van der Waals surface area contributed by atoms with Crippen LogP contribution in [0.1, 0.15) is 5.76 Å². The first-order chi connectivity index (χ1) is 14.1. The minimum atomic E-state index is -4.75. The quantitative estimate of drug-likeness (QED) is 0.499. The molecule has 30 heavy (non-hydrogen) atoms. The third kappa shape index (κ3) is 4.82. The van der Waals surface area contributed by atoms with Crippen molar-refractivity contribution >= 4 is 25.8 Å². The Balaban J connectivity index is 2.17. The second-order valence-electron chi connectivity index (χ2n) is 6.41. The van der Waals surface area contributed by atoms with Crippen molar-refractivity contribution in [1.29, 1.82) is 0 Å². The van der Waals surface area contributed by atoms with Crippen molar-refractivity contribution < 1.29 is 30.5 Å². The lowest BCUT2D eigenvalue weighted by Crippen LogP contribution is -2.23. The minimum absolute atomic E-state index is 0.0439. The molecule has 0 saturated heterocycles. The third-order valence-electron chi connectivity index (χ3n) is 4.09. The Morgan fingerprint density at radius 1 is 1.00 bits per heavy atom. The largest absolute Gasteiger partial charge is 0.467 e. The van der Waals surface area contributed by atoms with Crippen LogP contribution < -0.4 is 10.1 Å². The molecule has 0 radical (unpaired) electrons. The fourth-order valence-corrected chi connectivity index (χ4v) is 4.35. The van der Waals surface area contributed by atoms with Crippen LogP contribution >= 0.6 is 0 Å². The molecule has 160 valence electrons. The molecule has 3 rings (SSSR count). The normalized spacial score (nSPS) is 12.1. The van der Waals surface area contributed by atoms with Crippen LogP contribution in [-0.2, 0) is 26.7 Å². The molecule has 11 heteroatoms. The predicted octanol–water partition coefficient (Wildman–Crippen LogP) is 3.18. The van der Waals surface area contributed by atoms with Gasteiger partial charge in [0, 0.05) is 20.2 Å². The molecule has 0 fully saturated rings. The Labute approximate surface area is 174 Å². The first-order valence-electron chi connectivity index (χ1n) is 8.66. The molecule has 1 aromatic heterocycles. The van der Waals surface area contributed by atoms with Gasteiger partial charge in [-0.1, -0.05) is 18.2 Å². The van der Waals surface area contributed by atoms with Gasteiger partial charge in [-0.2, -0.15) is 8.42 Å². The van der Waals surface area contributed by atoms with E-state index < -0.39 is 29.9 Å². The van der Waals surface area contributed by atoms with E-state index in [0.29, 0.717) is 11.5 Å². The molecular formula is C19H20N2O7S2. The summed E-state index contributed by atoms with van der Waals surface area (Å²) < 4.78 is 71.1. The first kappa shape index (κ1) is 21.8. The van der Waals surface area contributed by atoms with Crippen molar-refractivity contribution in [2.45, 2.75) is 16.3 Å². The summed E-state index contributed by atoms with van der Waals surface area (Å²) in [6, 6.07) is 13.8. The fraction of sp³-hybridized carbons (Fsp3) is 0.158. The Morgan fingerprint density at radius 2 is 1.70 bits per heavy atom. The summed E-state index contributed by atoms with van der Waals surface area (Å²) in [6.07, 6.45) is 1.46. The molecule has 2 aromatic carbocycles. The van der Waals surface area contributed by atoms with E-state index in [1.807, 2.05) is 0 Å². The summed E-state index contributed by atoms with van der Waals surface area (Å²) >= 11 is 0. The molecule has 1 heterocycles. The van der Waals surface area contributed by atoms with E-state index in [9.17, 15) is 21.4 Å². The van der Waals surface area contributed by atoms with E-state index in [1.165, 1.54) is 26.4 Å². The van der Waals surface area contributed by atoms with Gasteiger partial charge in [0.1, 0.15) is 27.1 Å². The number of para-hydroxylation sites is 1. The van der Waals surface area contributed by atoms with Crippen LogP contribution in [0.3, 0.4) is 0 Å². The van der Waals surface area contributed by atoms with Crippen LogP contribution in [0.25, 0.3) is 0 Å². The average Bonchev–Trinajstić information content (AvgIpc) is 3.19. The van der Waals surface area contributed by atoms with E-state index >= 15 is 0 Å². The van der Waals surface area contributed by atoms with Gasteiger partial charge < -0.3 is 14.5 Å². The molecule has 0 unspecified atom stereocenters. The van der Waals surface area contributed by atoms with E-state index in [0.717, 1.165) is 10.4 Å². The summed E-state index contributed by atoms with van der Waals surface area (Å²) in [4.78, 5) is -1.01. The summed E-state index contributed by atoms with van der Waals surface area (Å²) in [5.74, 6) is 0.750. The monoisotopic (exact) mass is 452 g/mol. The lowest BCUT2D eigenvalue weighted by Gasteiger charge is -2.19. The molecule has 0 aliphatic carbocycles. The number of anilines is 1. The smallest absolute Gasteiger partial charge is 0.296 e. The number of hydrogen-bond acceptors (Lipinski definition) is 7. The Kier molecular flexibility index (Phi) is 6.17. The summed E-state index contributed by atoms with van der Waals surface area (Å²) in [7, 11) is -6.25. The topological polar surface area (TPSA) is 126 Å². The molecule has 9 nitrogen and oxygen atoms in total. The van der Waals surface area contributed by atoms with Gasteiger partial charge in [-0.15, -0.1) is 0 Å². The van der Waals surface area contributed by atoms with E-state index in [2.05, 4.69) is 5.32 Å². The van der Waals surface area contributed by atoms with Gasteiger partial charge in [0.25, 0.3) is 10.1 Å². The highest BCUT2D eigenvalue weighted by molar-refractivity contribution is 7.89. The maximum absolute atomic E-state index is 12.8. The van der Waals surface area contributed by atoms with Crippen molar-refractivity contribution in [2.24, 2.45) is 0 Å². The number of sulfonamides is 1. The highest BCUT2D eigenvalue weighted by Crippen LogP contribution is 2.37. The summed E-state index contributed by atoms with van der Waals surface area (Å²) in [5, 5.41) is 2.83. The van der Waals surface area contributed by atoms with E-state index in [4.69, 9.17) is 9.15 Å². The lowest BCUT2D eigenvalue weighted by atomic mass is 10.2. The second-order valence-corrected chi connectivity index (χ2v) is 9.92. The highest BCUT2D eigenvalue weighted by Gasteiger charge is 2.28. The van der Waals surface area contributed by atoms with Gasteiger partial charge in [-0.3, -0.25) is 4.55 Å². The van der Waals surface area contributed by atoms with Crippen LogP contribution in [0.15, 0.2) is 75.1 Å². The Morgan fingerprint density at radius 3 is 2.27 bits per heavy atom. The zero-order valence-corrected chi connectivity index (χ0v) is 17.8. The van der Waals surface area contributed by atoms with Gasteiger partial charge in [-0.25, -0.2) is 12.7 Å². The maximum Gasteiger partial charge on any atom is 0.296 e. The molecule has 2 N–H and O–H groups in total. The van der Waals surface area contributed by atoms with Crippen molar-refractivity contribution in [3.05, 3.63) is 66.6 Å². The second kappa shape index (κ2) is 8.48. The number of rotatable bonds is 8. The zero-order valence-electron chi connectivity index (χ0n) is 16.1. The number of benzene rings is 2. The third-order valence-corrected chi connectivity index (χ3v) is 6.82. The average molecular weight is 453 g/mol. The van der Waals surface area contributed by atoms with Crippen molar-refractivity contribution in [2.75, 3.05) is 19.4 Å². The number of nitrogens with one attached hydrogen (secondary N) is 1. The van der Waals surface area contributed by atoms with Crippen molar-refractivity contribution in [3.8, 4) is 11.5 Å². The van der Waals surface area contributed by atoms with Gasteiger partial charge in [0.2, 0.25) is 10.0 Å². The van der Waals surface area contributed by atoms with Gasteiger partial charge in [-0.05, 0) is 30.3 Å². The number of nitrogens with zero attached hydrogens (tertiary/aromatic N) is 1. The molecular weight excluding hydrogens is 432 g/mol. The first-order valence-corrected chi connectivity index (χ1v) is 11.5. The Hall–Kier alpha value is -2.86. The van der Waals surface area contributed by atoms with Gasteiger partial charge in [0.15, 0.2) is 0 Å². The van der Waals surface area contributed by atoms with Crippen LogP contribution in [-0.4, -0.2) is 39.8 Å². The van der Waals surface area contributed by atoms with E-state index in [1.54, 1.807) is 42.5 Å². The molecule has 0 aliphatic heterocycles. The minimum Gasteiger partial charge on any atom is -0.467 e. The molecule has 0 spiro atoms. The summed E-state index contributed by atoms with van der Waals surface area (Å²) in [5.41, 5.74) is -0.0439. The molecule has 3 aromatic rings. The van der Waals surface area contributed by atoms with Crippen molar-refractivity contribution in [1.82, 2.24) is 4.31 Å². The van der Waals surface area contributed by atoms with Crippen LogP contribution in [0.4, 0.5) is 5.69 Å². The lowest BCUT2D eigenvalue weighted by molar-refractivity contribution is 0.458. The van der Waals surface area contributed by atoms with Gasteiger partial charge >= 0.3 is 0 Å². The van der Waals surface area contributed by atoms with Crippen LogP contribution in [0, 0.1) is 0 Å². The Bertz CT molecular complexity index is 1220. The molecule has 0 amide bonds.